The maximum atomic E-state index is 9.35. The predicted molar refractivity (Wildman–Crippen MR) is 74.8 cm³/mol. The van der Waals surface area contributed by atoms with E-state index in [4.69, 9.17) is 0 Å². The van der Waals surface area contributed by atoms with Gasteiger partial charge < -0.3 is 5.11 Å². The van der Waals surface area contributed by atoms with Crippen LogP contribution in [0.3, 0.4) is 0 Å². The van der Waals surface area contributed by atoms with Gasteiger partial charge in [0.25, 0.3) is 0 Å². The van der Waals surface area contributed by atoms with Gasteiger partial charge in [-0.05, 0) is 22.2 Å². The molecule has 90 valence electrons. The van der Waals surface area contributed by atoms with Crippen molar-refractivity contribution in [1.29, 1.82) is 0 Å². The van der Waals surface area contributed by atoms with E-state index in [2.05, 4.69) is 47.6 Å². The molecule has 0 saturated heterocycles. The number of aliphatic hydroxyl groups is 1. The van der Waals surface area contributed by atoms with Gasteiger partial charge in [-0.2, -0.15) is 0 Å². The normalized spacial score (nSPS) is 13.9. The van der Waals surface area contributed by atoms with Crippen molar-refractivity contribution in [1.82, 2.24) is 0 Å². The number of hydrogen-bond acceptors (Lipinski definition) is 1. The van der Waals surface area contributed by atoms with Gasteiger partial charge in [-0.3, -0.25) is 0 Å². The second kappa shape index (κ2) is 4.73. The van der Waals surface area contributed by atoms with Crippen LogP contribution in [0.4, 0.5) is 0 Å². The summed E-state index contributed by atoms with van der Waals surface area (Å²) < 4.78 is 0. The molecule has 0 aliphatic rings. The fourth-order valence-electron chi connectivity index (χ4n) is 1.30. The SMILES string of the molecule is CC(C)(C)c1cc(CO)pc(C(C)(C)C)p1. The van der Waals surface area contributed by atoms with Crippen LogP contribution >= 0.6 is 16.4 Å². The van der Waals surface area contributed by atoms with Crippen LogP contribution in [0.5, 0.6) is 0 Å². The monoisotopic (exact) mass is 256 g/mol. The summed E-state index contributed by atoms with van der Waals surface area (Å²) in [6.45, 7) is 13.7. The van der Waals surface area contributed by atoms with Crippen molar-refractivity contribution < 1.29 is 5.11 Å². The number of rotatable bonds is 1. The van der Waals surface area contributed by atoms with Crippen molar-refractivity contribution in [2.75, 3.05) is 0 Å². The molecule has 0 aliphatic heterocycles. The van der Waals surface area contributed by atoms with Crippen LogP contribution in [-0.2, 0) is 17.4 Å². The smallest absolute Gasteiger partial charge is 0.0724 e. The Labute approximate surface area is 103 Å². The van der Waals surface area contributed by atoms with E-state index in [-0.39, 0.29) is 17.4 Å². The first-order valence-electron chi connectivity index (χ1n) is 5.64. The molecule has 0 bridgehead atoms. The molecule has 1 N–H and O–H groups in total. The van der Waals surface area contributed by atoms with Gasteiger partial charge in [-0.25, -0.2) is 0 Å². The zero-order valence-corrected chi connectivity index (χ0v) is 12.9. The van der Waals surface area contributed by atoms with Crippen LogP contribution in [0.2, 0.25) is 0 Å². The Morgan fingerprint density at radius 2 is 1.56 bits per heavy atom. The molecule has 1 heterocycles. The zero-order valence-electron chi connectivity index (χ0n) is 11.1. The largest absolute Gasteiger partial charge is 0.391 e. The van der Waals surface area contributed by atoms with E-state index in [1.807, 2.05) is 0 Å². The Kier molecular flexibility index (Phi) is 4.17. The van der Waals surface area contributed by atoms with E-state index in [0.29, 0.717) is 0 Å². The van der Waals surface area contributed by atoms with Gasteiger partial charge >= 0.3 is 0 Å². The van der Waals surface area contributed by atoms with Gasteiger partial charge in [-0.15, -0.1) is 0 Å². The number of hydrogen-bond donors (Lipinski definition) is 1. The topological polar surface area (TPSA) is 20.2 Å². The molecule has 0 unspecified atom stereocenters. The lowest BCUT2D eigenvalue weighted by Gasteiger charge is -2.24. The standard InChI is InChI=1S/C13H22OP2/c1-12(2,3)10-7-9(8-14)15-11(16-10)13(4,5)6/h7,14H,8H2,1-6H3. The quantitative estimate of drug-likeness (QED) is 0.755. The van der Waals surface area contributed by atoms with E-state index < -0.39 is 0 Å². The third kappa shape index (κ3) is 3.52. The molecule has 1 rings (SSSR count). The van der Waals surface area contributed by atoms with E-state index in [0.717, 1.165) is 5.30 Å². The molecule has 0 aromatic carbocycles. The van der Waals surface area contributed by atoms with Gasteiger partial charge in [0.2, 0.25) is 0 Å². The summed E-state index contributed by atoms with van der Waals surface area (Å²) in [5, 5.41) is 13.4. The summed E-state index contributed by atoms with van der Waals surface area (Å²) in [5.41, 5.74) is 0.405. The van der Waals surface area contributed by atoms with Crippen molar-refractivity contribution in [3.63, 3.8) is 0 Å². The first-order valence-corrected chi connectivity index (χ1v) is 7.43. The van der Waals surface area contributed by atoms with Crippen molar-refractivity contribution >= 4 is 16.4 Å². The molecule has 3 heteroatoms. The Bertz CT molecular complexity index is 340. The van der Waals surface area contributed by atoms with E-state index in [1.165, 1.54) is 26.7 Å². The van der Waals surface area contributed by atoms with Crippen molar-refractivity contribution in [3.8, 4) is 0 Å². The summed E-state index contributed by atoms with van der Waals surface area (Å²) in [6, 6.07) is 2.19. The minimum Gasteiger partial charge on any atom is -0.391 e. The fraction of sp³-hybridized carbons (Fsp3) is 0.692. The molecule has 0 spiro atoms. The summed E-state index contributed by atoms with van der Waals surface area (Å²) in [5.74, 6) is 0. The molecular formula is C13H22OP2. The van der Waals surface area contributed by atoms with E-state index in [1.54, 1.807) is 0 Å². The Morgan fingerprint density at radius 3 is 1.94 bits per heavy atom. The third-order valence-electron chi connectivity index (χ3n) is 2.38. The van der Waals surface area contributed by atoms with Crippen LogP contribution in [0.1, 0.15) is 57.2 Å². The lowest BCUT2D eigenvalue weighted by Crippen LogP contribution is -2.12. The number of aliphatic hydroxyl groups excluding tert-OH is 1. The highest BCUT2D eigenvalue weighted by atomic mass is 31.1. The lowest BCUT2D eigenvalue weighted by molar-refractivity contribution is 0.285. The molecule has 0 saturated carbocycles. The molecule has 0 radical (unpaired) electrons. The average Bonchev–Trinajstić information content (AvgIpc) is 2.14. The van der Waals surface area contributed by atoms with Crippen LogP contribution in [0.15, 0.2) is 6.07 Å². The second-order valence-corrected chi connectivity index (χ2v) is 8.98. The van der Waals surface area contributed by atoms with Gasteiger partial charge in [0, 0.05) is 10.3 Å². The molecule has 1 aromatic heterocycles. The summed E-state index contributed by atoms with van der Waals surface area (Å²) in [6.07, 6.45) is 0. The zero-order chi connectivity index (χ0) is 12.6. The van der Waals surface area contributed by atoms with Gasteiger partial charge in [0.15, 0.2) is 0 Å². The van der Waals surface area contributed by atoms with Crippen LogP contribution in [0.25, 0.3) is 0 Å². The van der Waals surface area contributed by atoms with E-state index in [9.17, 15) is 5.11 Å². The highest BCUT2D eigenvalue weighted by Gasteiger charge is 2.21. The minimum atomic E-state index is 0.177. The predicted octanol–water partition coefficient (Wildman–Crippen LogP) is 4.93. The highest BCUT2D eigenvalue weighted by Crippen LogP contribution is 2.43. The molecule has 1 nitrogen and oxygen atoms in total. The first kappa shape index (κ1) is 14.1. The molecule has 0 atom stereocenters. The Morgan fingerprint density at radius 1 is 1.00 bits per heavy atom. The molecule has 16 heavy (non-hydrogen) atoms. The molecular weight excluding hydrogens is 234 g/mol. The minimum absolute atomic E-state index is 0.177. The van der Waals surface area contributed by atoms with Crippen molar-refractivity contribution in [2.45, 2.75) is 59.0 Å². The van der Waals surface area contributed by atoms with Crippen molar-refractivity contribution in [3.05, 3.63) is 21.7 Å². The van der Waals surface area contributed by atoms with Gasteiger partial charge in [0.1, 0.15) is 0 Å². The summed E-state index contributed by atoms with van der Waals surface area (Å²) in [4.78, 5) is 0. The van der Waals surface area contributed by atoms with Gasteiger partial charge in [-0.1, -0.05) is 57.9 Å². The third-order valence-corrected chi connectivity index (χ3v) is 6.34. The van der Waals surface area contributed by atoms with Crippen LogP contribution in [-0.4, -0.2) is 5.11 Å². The maximum absolute atomic E-state index is 9.35. The van der Waals surface area contributed by atoms with Crippen LogP contribution in [0, 0.1) is 0 Å². The molecule has 0 aliphatic carbocycles. The molecule has 0 fully saturated rings. The first-order chi connectivity index (χ1) is 7.14. The van der Waals surface area contributed by atoms with E-state index >= 15 is 0 Å². The van der Waals surface area contributed by atoms with Crippen LogP contribution < -0.4 is 0 Å². The highest BCUT2D eigenvalue weighted by molar-refractivity contribution is 7.47. The molecule has 1 aromatic rings. The average molecular weight is 256 g/mol. The van der Waals surface area contributed by atoms with Gasteiger partial charge in [0.05, 0.1) is 6.61 Å². The fourth-order valence-corrected chi connectivity index (χ4v) is 4.30. The lowest BCUT2D eigenvalue weighted by atomic mass is 9.94. The Hall–Kier alpha value is 0.0400. The second-order valence-electron chi connectivity index (χ2n) is 6.23. The summed E-state index contributed by atoms with van der Waals surface area (Å²) in [7, 11) is 2.58. The summed E-state index contributed by atoms with van der Waals surface area (Å²) >= 11 is 0. The Balaban J connectivity index is 3.33. The molecule has 0 amide bonds. The maximum Gasteiger partial charge on any atom is 0.0724 e. The van der Waals surface area contributed by atoms with Crippen molar-refractivity contribution in [2.24, 2.45) is 0 Å².